The molecule has 5 nitrogen and oxygen atoms in total. The number of hydrogen-bond donors (Lipinski definition) is 0. The minimum atomic E-state index is -0.274. The molecule has 5 heteroatoms. The van der Waals surface area contributed by atoms with E-state index in [-0.39, 0.29) is 18.0 Å². The maximum absolute atomic E-state index is 12.2. The Labute approximate surface area is 131 Å². The first-order valence-corrected chi connectivity index (χ1v) is 7.75. The summed E-state index contributed by atoms with van der Waals surface area (Å²) in [5.74, 6) is 0.101. The molecule has 0 spiro atoms. The van der Waals surface area contributed by atoms with E-state index >= 15 is 0 Å². The summed E-state index contributed by atoms with van der Waals surface area (Å²) in [6, 6.07) is 9.77. The van der Waals surface area contributed by atoms with E-state index in [1.54, 1.807) is 23.9 Å². The molecule has 0 N–H and O–H groups in total. The minimum absolute atomic E-state index is 0.101. The summed E-state index contributed by atoms with van der Waals surface area (Å²) < 4.78 is 5.39. The van der Waals surface area contributed by atoms with Gasteiger partial charge in [-0.15, -0.1) is 0 Å². The molecule has 0 radical (unpaired) electrons. The number of likely N-dealkylation sites (tertiary alicyclic amines) is 1. The summed E-state index contributed by atoms with van der Waals surface area (Å²) in [4.78, 5) is 27.3. The van der Waals surface area contributed by atoms with Gasteiger partial charge in [-0.3, -0.25) is 4.79 Å². The van der Waals surface area contributed by atoms with Crippen LogP contribution in [0.5, 0.6) is 0 Å². The summed E-state index contributed by atoms with van der Waals surface area (Å²) in [6.07, 6.45) is 2.82. The van der Waals surface area contributed by atoms with Crippen molar-refractivity contribution in [3.8, 4) is 0 Å². The maximum atomic E-state index is 12.2. The van der Waals surface area contributed by atoms with Gasteiger partial charge in [0.1, 0.15) is 6.61 Å². The molecule has 0 bridgehead atoms. The van der Waals surface area contributed by atoms with Crippen LogP contribution >= 0.6 is 0 Å². The molecule has 0 saturated carbocycles. The lowest BCUT2D eigenvalue weighted by molar-refractivity contribution is -0.129. The molecule has 1 saturated heterocycles. The van der Waals surface area contributed by atoms with Crippen molar-refractivity contribution in [1.29, 1.82) is 0 Å². The Morgan fingerprint density at radius 2 is 2.00 bits per heavy atom. The number of ether oxygens (including phenoxy) is 1. The molecule has 1 heterocycles. The van der Waals surface area contributed by atoms with Gasteiger partial charge in [0.05, 0.1) is 0 Å². The highest BCUT2D eigenvalue weighted by Gasteiger charge is 2.30. The molecule has 22 heavy (non-hydrogen) atoms. The third kappa shape index (κ3) is 4.48. The standard InChI is InChI=1S/C17H24N2O3/c1-18(2)16(20)11-10-15-9-6-12-19(15)17(21)22-13-14-7-4-3-5-8-14/h3-5,7-8,15H,6,9-13H2,1-2H3. The number of rotatable bonds is 5. The van der Waals surface area contributed by atoms with Crippen LogP contribution in [0, 0.1) is 0 Å². The highest BCUT2D eigenvalue weighted by atomic mass is 16.6. The van der Waals surface area contributed by atoms with Crippen molar-refractivity contribution in [2.45, 2.75) is 38.3 Å². The third-order valence-corrected chi connectivity index (χ3v) is 4.01. The lowest BCUT2D eigenvalue weighted by Gasteiger charge is -2.24. The fraction of sp³-hybridized carbons (Fsp3) is 0.529. The number of carbonyl (C=O) groups excluding carboxylic acids is 2. The fourth-order valence-electron chi connectivity index (χ4n) is 2.69. The molecule has 1 atom stereocenters. The van der Waals surface area contributed by atoms with E-state index in [4.69, 9.17) is 4.74 Å². The number of carbonyl (C=O) groups is 2. The van der Waals surface area contributed by atoms with Gasteiger partial charge in [-0.1, -0.05) is 30.3 Å². The van der Waals surface area contributed by atoms with Gasteiger partial charge in [0, 0.05) is 33.1 Å². The molecule has 2 amide bonds. The monoisotopic (exact) mass is 304 g/mol. The van der Waals surface area contributed by atoms with Crippen molar-refractivity contribution in [3.63, 3.8) is 0 Å². The van der Waals surface area contributed by atoms with Crippen molar-refractivity contribution >= 4 is 12.0 Å². The van der Waals surface area contributed by atoms with Gasteiger partial charge in [-0.2, -0.15) is 0 Å². The van der Waals surface area contributed by atoms with E-state index in [2.05, 4.69) is 0 Å². The molecular weight excluding hydrogens is 280 g/mol. The fourth-order valence-corrected chi connectivity index (χ4v) is 2.69. The van der Waals surface area contributed by atoms with Crippen molar-refractivity contribution < 1.29 is 14.3 Å². The predicted molar refractivity (Wildman–Crippen MR) is 84.3 cm³/mol. The van der Waals surface area contributed by atoms with E-state index in [0.717, 1.165) is 18.4 Å². The van der Waals surface area contributed by atoms with E-state index < -0.39 is 0 Å². The van der Waals surface area contributed by atoms with Crippen LogP contribution in [0.15, 0.2) is 30.3 Å². The normalized spacial score (nSPS) is 17.4. The zero-order chi connectivity index (χ0) is 15.9. The molecule has 0 aromatic heterocycles. The Morgan fingerprint density at radius 1 is 1.27 bits per heavy atom. The van der Waals surface area contributed by atoms with Crippen LogP contribution in [0.3, 0.4) is 0 Å². The van der Waals surface area contributed by atoms with Gasteiger partial charge in [-0.25, -0.2) is 4.79 Å². The maximum Gasteiger partial charge on any atom is 0.410 e. The Kier molecular flexibility index (Phi) is 5.81. The zero-order valence-electron chi connectivity index (χ0n) is 13.3. The van der Waals surface area contributed by atoms with Crippen LogP contribution in [0.1, 0.15) is 31.2 Å². The number of benzene rings is 1. The van der Waals surface area contributed by atoms with Crippen LogP contribution in [-0.4, -0.2) is 48.5 Å². The third-order valence-electron chi connectivity index (χ3n) is 4.01. The number of amides is 2. The summed E-state index contributed by atoms with van der Waals surface area (Å²) in [5.41, 5.74) is 0.981. The van der Waals surface area contributed by atoms with Gasteiger partial charge >= 0.3 is 6.09 Å². The van der Waals surface area contributed by atoms with Crippen LogP contribution in [0.25, 0.3) is 0 Å². The predicted octanol–water partition coefficient (Wildman–Crippen LogP) is 2.66. The van der Waals surface area contributed by atoms with Crippen molar-refractivity contribution in [2.24, 2.45) is 0 Å². The molecule has 1 aromatic carbocycles. The second-order valence-electron chi connectivity index (χ2n) is 5.86. The Hall–Kier alpha value is -2.04. The largest absolute Gasteiger partial charge is 0.445 e. The van der Waals surface area contributed by atoms with Crippen molar-refractivity contribution in [3.05, 3.63) is 35.9 Å². The molecular formula is C17H24N2O3. The molecule has 2 rings (SSSR count). The molecule has 0 aliphatic carbocycles. The lowest BCUT2D eigenvalue weighted by atomic mass is 10.1. The van der Waals surface area contributed by atoms with Crippen LogP contribution < -0.4 is 0 Å². The number of hydrogen-bond acceptors (Lipinski definition) is 3. The molecule has 1 aliphatic rings. The van der Waals surface area contributed by atoms with Gasteiger partial charge < -0.3 is 14.5 Å². The SMILES string of the molecule is CN(C)C(=O)CCC1CCCN1C(=O)OCc1ccccc1. The van der Waals surface area contributed by atoms with Crippen molar-refractivity contribution in [2.75, 3.05) is 20.6 Å². The summed E-state index contributed by atoms with van der Waals surface area (Å²) in [6.45, 7) is 1.01. The lowest BCUT2D eigenvalue weighted by Crippen LogP contribution is -2.36. The Bertz CT molecular complexity index is 502. The second kappa shape index (κ2) is 7.82. The summed E-state index contributed by atoms with van der Waals surface area (Å²) in [5, 5.41) is 0. The average Bonchev–Trinajstić information content (AvgIpc) is 2.99. The Morgan fingerprint density at radius 3 is 2.68 bits per heavy atom. The van der Waals surface area contributed by atoms with Gasteiger partial charge in [0.25, 0.3) is 0 Å². The molecule has 1 unspecified atom stereocenters. The van der Waals surface area contributed by atoms with Crippen LogP contribution in [0.4, 0.5) is 4.79 Å². The smallest absolute Gasteiger partial charge is 0.410 e. The first-order chi connectivity index (χ1) is 10.6. The van der Waals surface area contributed by atoms with E-state index in [1.807, 2.05) is 30.3 Å². The quantitative estimate of drug-likeness (QED) is 0.840. The average molecular weight is 304 g/mol. The van der Waals surface area contributed by atoms with E-state index in [9.17, 15) is 9.59 Å². The number of nitrogens with zero attached hydrogens (tertiary/aromatic N) is 2. The van der Waals surface area contributed by atoms with Crippen molar-refractivity contribution in [1.82, 2.24) is 9.80 Å². The second-order valence-corrected chi connectivity index (χ2v) is 5.86. The first kappa shape index (κ1) is 16.3. The van der Waals surface area contributed by atoms with E-state index in [1.165, 1.54) is 0 Å². The summed E-state index contributed by atoms with van der Waals surface area (Å²) in [7, 11) is 3.51. The highest BCUT2D eigenvalue weighted by molar-refractivity contribution is 5.75. The van der Waals surface area contributed by atoms with Gasteiger partial charge in [0.2, 0.25) is 5.91 Å². The topological polar surface area (TPSA) is 49.9 Å². The zero-order valence-corrected chi connectivity index (χ0v) is 13.3. The van der Waals surface area contributed by atoms with Crippen LogP contribution in [-0.2, 0) is 16.1 Å². The van der Waals surface area contributed by atoms with E-state index in [0.29, 0.717) is 26.0 Å². The minimum Gasteiger partial charge on any atom is -0.445 e. The highest BCUT2D eigenvalue weighted by Crippen LogP contribution is 2.22. The van der Waals surface area contributed by atoms with Crippen LogP contribution in [0.2, 0.25) is 0 Å². The Balaban J connectivity index is 1.81. The molecule has 1 aliphatic heterocycles. The molecule has 1 aromatic rings. The summed E-state index contributed by atoms with van der Waals surface area (Å²) >= 11 is 0. The molecule has 120 valence electrons. The first-order valence-electron chi connectivity index (χ1n) is 7.75. The molecule has 1 fully saturated rings. The van der Waals surface area contributed by atoms with Gasteiger partial charge in [-0.05, 0) is 24.8 Å². The van der Waals surface area contributed by atoms with Gasteiger partial charge in [0.15, 0.2) is 0 Å².